The van der Waals surface area contributed by atoms with Crippen LogP contribution in [0.15, 0.2) is 18.2 Å². The minimum absolute atomic E-state index is 0.208. The normalized spacial score (nSPS) is 22.4. The summed E-state index contributed by atoms with van der Waals surface area (Å²) in [5.41, 5.74) is 2.72. The molecule has 3 N–H and O–H groups in total. The summed E-state index contributed by atoms with van der Waals surface area (Å²) in [5, 5.41) is 0. The first-order valence-corrected chi connectivity index (χ1v) is 6.48. The number of halogens is 2. The number of hydrogen-bond acceptors (Lipinski definition) is 4. The molecule has 0 aromatic heterocycles. The number of hydrazine groups is 1. The number of rotatable bonds is 3. The van der Waals surface area contributed by atoms with Crippen LogP contribution in [0.3, 0.4) is 0 Å². The number of ether oxygens (including phenoxy) is 1. The molecule has 1 aromatic rings. The van der Waals surface area contributed by atoms with E-state index in [9.17, 15) is 8.78 Å². The molecule has 2 unspecified atom stereocenters. The first kappa shape index (κ1) is 12.8. The molecule has 2 rings (SSSR count). The molecular formula is C11H14F2N2OS. The second-order valence-electron chi connectivity index (χ2n) is 3.79. The highest BCUT2D eigenvalue weighted by Gasteiger charge is 2.27. The summed E-state index contributed by atoms with van der Waals surface area (Å²) >= 11 is 1.71. The van der Waals surface area contributed by atoms with Crippen LogP contribution in [0, 0.1) is 11.6 Å². The van der Waals surface area contributed by atoms with Gasteiger partial charge in [0.15, 0.2) is 0 Å². The van der Waals surface area contributed by atoms with Crippen molar-refractivity contribution in [3.05, 3.63) is 35.4 Å². The molecule has 1 saturated heterocycles. The van der Waals surface area contributed by atoms with Gasteiger partial charge in [-0.2, -0.15) is 11.8 Å². The largest absolute Gasteiger partial charge is 0.374 e. The van der Waals surface area contributed by atoms with Crippen LogP contribution in [0.1, 0.15) is 11.6 Å². The second kappa shape index (κ2) is 5.77. The highest BCUT2D eigenvalue weighted by atomic mass is 32.2. The second-order valence-corrected chi connectivity index (χ2v) is 4.94. The van der Waals surface area contributed by atoms with Gasteiger partial charge in [0.2, 0.25) is 0 Å². The molecule has 1 fully saturated rings. The van der Waals surface area contributed by atoms with E-state index >= 15 is 0 Å². The Labute approximate surface area is 103 Å². The van der Waals surface area contributed by atoms with E-state index in [1.165, 1.54) is 0 Å². The summed E-state index contributed by atoms with van der Waals surface area (Å²) in [7, 11) is 0. The van der Waals surface area contributed by atoms with Gasteiger partial charge in [-0.1, -0.05) is 0 Å². The van der Waals surface area contributed by atoms with Gasteiger partial charge in [-0.3, -0.25) is 11.3 Å². The van der Waals surface area contributed by atoms with Gasteiger partial charge in [0.1, 0.15) is 11.6 Å². The predicted molar refractivity (Wildman–Crippen MR) is 63.5 cm³/mol. The minimum atomic E-state index is -0.529. The molecule has 0 amide bonds. The van der Waals surface area contributed by atoms with Gasteiger partial charge >= 0.3 is 0 Å². The van der Waals surface area contributed by atoms with E-state index in [2.05, 4.69) is 5.43 Å². The Morgan fingerprint density at radius 3 is 2.94 bits per heavy atom. The van der Waals surface area contributed by atoms with Crippen molar-refractivity contribution in [2.75, 3.05) is 18.1 Å². The number of benzene rings is 1. The van der Waals surface area contributed by atoms with E-state index in [0.29, 0.717) is 12.4 Å². The zero-order valence-corrected chi connectivity index (χ0v) is 9.97. The van der Waals surface area contributed by atoms with E-state index < -0.39 is 17.7 Å². The molecule has 94 valence electrons. The predicted octanol–water partition coefficient (Wildman–Crippen LogP) is 1.60. The summed E-state index contributed by atoms with van der Waals surface area (Å²) < 4.78 is 32.3. The third-order valence-electron chi connectivity index (χ3n) is 2.69. The highest BCUT2D eigenvalue weighted by molar-refractivity contribution is 7.99. The van der Waals surface area contributed by atoms with Gasteiger partial charge in [0, 0.05) is 17.1 Å². The van der Waals surface area contributed by atoms with Gasteiger partial charge in [0.05, 0.1) is 18.8 Å². The molecule has 1 aliphatic heterocycles. The lowest BCUT2D eigenvalue weighted by Gasteiger charge is -2.30. The maximum absolute atomic E-state index is 13.6. The maximum Gasteiger partial charge on any atom is 0.128 e. The Bertz CT molecular complexity index is 386. The Balaban J connectivity index is 2.24. The van der Waals surface area contributed by atoms with Crippen molar-refractivity contribution in [3.63, 3.8) is 0 Å². The molecule has 0 spiro atoms. The van der Waals surface area contributed by atoms with E-state index in [1.54, 1.807) is 11.8 Å². The molecule has 17 heavy (non-hydrogen) atoms. The van der Waals surface area contributed by atoms with Crippen molar-refractivity contribution in [3.8, 4) is 0 Å². The first-order valence-electron chi connectivity index (χ1n) is 5.33. The fraction of sp³-hybridized carbons (Fsp3) is 0.455. The Morgan fingerprint density at radius 1 is 1.47 bits per heavy atom. The van der Waals surface area contributed by atoms with Crippen LogP contribution < -0.4 is 11.3 Å². The molecule has 6 heteroatoms. The van der Waals surface area contributed by atoms with Crippen LogP contribution in [0.5, 0.6) is 0 Å². The molecule has 1 aromatic carbocycles. The third kappa shape index (κ3) is 2.95. The monoisotopic (exact) mass is 260 g/mol. The molecule has 0 saturated carbocycles. The summed E-state index contributed by atoms with van der Waals surface area (Å²) in [6.07, 6.45) is -0.241. The minimum Gasteiger partial charge on any atom is -0.374 e. The van der Waals surface area contributed by atoms with Crippen molar-refractivity contribution in [1.82, 2.24) is 5.43 Å². The number of nitrogens with one attached hydrogen (secondary N) is 1. The number of thioether (sulfide) groups is 1. The lowest BCUT2D eigenvalue weighted by molar-refractivity contribution is 0.0458. The third-order valence-corrected chi connectivity index (χ3v) is 3.71. The highest BCUT2D eigenvalue weighted by Crippen LogP contribution is 2.27. The summed E-state index contributed by atoms with van der Waals surface area (Å²) in [4.78, 5) is 0. The molecular weight excluding hydrogens is 246 g/mol. The van der Waals surface area contributed by atoms with Crippen LogP contribution in [0.4, 0.5) is 8.78 Å². The topological polar surface area (TPSA) is 47.3 Å². The van der Waals surface area contributed by atoms with Crippen molar-refractivity contribution in [2.24, 2.45) is 5.84 Å². The molecule has 0 aliphatic carbocycles. The Morgan fingerprint density at radius 2 is 2.29 bits per heavy atom. The maximum atomic E-state index is 13.6. The Kier molecular flexibility index (Phi) is 4.33. The molecule has 1 heterocycles. The van der Waals surface area contributed by atoms with Crippen molar-refractivity contribution in [2.45, 2.75) is 12.1 Å². The van der Waals surface area contributed by atoms with Gasteiger partial charge in [-0.05, 0) is 18.2 Å². The van der Waals surface area contributed by atoms with Crippen molar-refractivity contribution < 1.29 is 13.5 Å². The average molecular weight is 260 g/mol. The van der Waals surface area contributed by atoms with Gasteiger partial charge in [0.25, 0.3) is 0 Å². The summed E-state index contributed by atoms with van der Waals surface area (Å²) in [6.45, 7) is 0.602. The van der Waals surface area contributed by atoms with Crippen LogP contribution in [-0.2, 0) is 4.74 Å². The van der Waals surface area contributed by atoms with E-state index in [1.807, 2.05) is 0 Å². The lowest BCUT2D eigenvalue weighted by Crippen LogP contribution is -2.41. The molecule has 3 nitrogen and oxygen atoms in total. The van der Waals surface area contributed by atoms with Gasteiger partial charge in [-0.15, -0.1) is 0 Å². The molecule has 2 atom stereocenters. The fourth-order valence-electron chi connectivity index (χ4n) is 1.85. The molecule has 1 aliphatic rings. The summed E-state index contributed by atoms with van der Waals surface area (Å²) in [5.74, 6) is 6.10. The SMILES string of the molecule is NNC(c1cc(F)ccc1F)C1CSCCO1. The van der Waals surface area contributed by atoms with Gasteiger partial charge < -0.3 is 4.74 Å². The number of nitrogens with two attached hydrogens (primary N) is 1. The quantitative estimate of drug-likeness (QED) is 0.640. The van der Waals surface area contributed by atoms with E-state index in [0.717, 1.165) is 24.0 Å². The van der Waals surface area contributed by atoms with Crippen molar-refractivity contribution >= 4 is 11.8 Å². The van der Waals surface area contributed by atoms with Crippen LogP contribution >= 0.6 is 11.8 Å². The zero-order chi connectivity index (χ0) is 12.3. The number of hydrogen-bond donors (Lipinski definition) is 2. The van der Waals surface area contributed by atoms with E-state index in [-0.39, 0.29) is 11.7 Å². The summed E-state index contributed by atoms with van der Waals surface area (Å²) in [6, 6.07) is 2.81. The standard InChI is InChI=1S/C11H14F2N2OS/c12-7-1-2-9(13)8(5-7)11(15-14)10-6-17-4-3-16-10/h1-2,5,10-11,15H,3-4,6,14H2. The van der Waals surface area contributed by atoms with Crippen molar-refractivity contribution in [1.29, 1.82) is 0 Å². The van der Waals surface area contributed by atoms with Crippen LogP contribution in [0.2, 0.25) is 0 Å². The average Bonchev–Trinajstić information content (AvgIpc) is 2.36. The first-order chi connectivity index (χ1) is 8.22. The molecule has 0 radical (unpaired) electrons. The lowest BCUT2D eigenvalue weighted by atomic mass is 10.0. The van der Waals surface area contributed by atoms with Crippen LogP contribution in [0.25, 0.3) is 0 Å². The Hall–Kier alpha value is -0.690. The fourth-order valence-corrected chi connectivity index (χ4v) is 2.75. The smallest absolute Gasteiger partial charge is 0.128 e. The van der Waals surface area contributed by atoms with Gasteiger partial charge in [-0.25, -0.2) is 8.78 Å². The zero-order valence-electron chi connectivity index (χ0n) is 9.16. The van der Waals surface area contributed by atoms with Crippen LogP contribution in [-0.4, -0.2) is 24.2 Å². The molecule has 0 bridgehead atoms. The van der Waals surface area contributed by atoms with E-state index in [4.69, 9.17) is 10.6 Å².